The Kier molecular flexibility index (Phi) is 4.24. The molecule has 0 aliphatic heterocycles. The Bertz CT molecular complexity index is 466. The summed E-state index contributed by atoms with van der Waals surface area (Å²) in [6, 6.07) is 2.68. The van der Waals surface area contributed by atoms with Crippen LogP contribution in [0.2, 0.25) is 0 Å². The molecule has 0 bridgehead atoms. The number of carboxylic acid groups (broad SMARTS) is 1. The van der Waals surface area contributed by atoms with Gasteiger partial charge in [-0.2, -0.15) is 0 Å². The van der Waals surface area contributed by atoms with Crippen molar-refractivity contribution >= 4 is 11.9 Å². The summed E-state index contributed by atoms with van der Waals surface area (Å²) in [5, 5.41) is 11.5. The van der Waals surface area contributed by atoms with Gasteiger partial charge in [-0.05, 0) is 30.4 Å². The van der Waals surface area contributed by atoms with E-state index in [1.807, 2.05) is 0 Å². The fraction of sp³-hybridized carbons (Fsp3) is 0.571. The van der Waals surface area contributed by atoms with Gasteiger partial charge in [0.1, 0.15) is 0 Å². The van der Waals surface area contributed by atoms with Gasteiger partial charge in [0.15, 0.2) is 5.76 Å². The summed E-state index contributed by atoms with van der Waals surface area (Å²) in [5.41, 5.74) is 0. The van der Waals surface area contributed by atoms with Crippen LogP contribution in [0.4, 0.5) is 0 Å². The molecule has 2 unspecified atom stereocenters. The normalized spacial score (nSPS) is 23.0. The van der Waals surface area contributed by atoms with E-state index in [0.29, 0.717) is 18.4 Å². The van der Waals surface area contributed by atoms with Crippen LogP contribution in [0.25, 0.3) is 0 Å². The lowest BCUT2D eigenvalue weighted by atomic mass is 9.80. The molecule has 1 fully saturated rings. The first-order valence-corrected chi connectivity index (χ1v) is 6.69. The molecule has 2 N–H and O–H groups in total. The van der Waals surface area contributed by atoms with Crippen LogP contribution < -0.4 is 5.32 Å². The minimum Gasteiger partial charge on any atom is -0.475 e. The summed E-state index contributed by atoms with van der Waals surface area (Å²) in [7, 11) is 0. The zero-order valence-corrected chi connectivity index (χ0v) is 11.0. The molecule has 0 saturated heterocycles. The van der Waals surface area contributed by atoms with Gasteiger partial charge < -0.3 is 14.8 Å². The van der Waals surface area contributed by atoms with Gasteiger partial charge in [-0.1, -0.05) is 26.2 Å². The van der Waals surface area contributed by atoms with Gasteiger partial charge >= 0.3 is 5.97 Å². The number of carbonyl (C=O) groups is 2. The smallest absolute Gasteiger partial charge is 0.371 e. The second-order valence-corrected chi connectivity index (χ2v) is 5.20. The van der Waals surface area contributed by atoms with E-state index in [4.69, 9.17) is 9.52 Å². The van der Waals surface area contributed by atoms with Gasteiger partial charge in [-0.3, -0.25) is 4.79 Å². The van der Waals surface area contributed by atoms with E-state index in [0.717, 1.165) is 6.42 Å². The highest BCUT2D eigenvalue weighted by molar-refractivity contribution is 5.93. The maximum atomic E-state index is 11.8. The van der Waals surface area contributed by atoms with E-state index >= 15 is 0 Å². The van der Waals surface area contributed by atoms with Gasteiger partial charge in [-0.15, -0.1) is 0 Å². The van der Waals surface area contributed by atoms with E-state index in [9.17, 15) is 9.59 Å². The minimum absolute atomic E-state index is 0.0564. The van der Waals surface area contributed by atoms with Crippen LogP contribution in [0.3, 0.4) is 0 Å². The Labute approximate surface area is 112 Å². The highest BCUT2D eigenvalue weighted by atomic mass is 16.4. The Morgan fingerprint density at radius 3 is 2.63 bits per heavy atom. The molecule has 1 heterocycles. The second-order valence-electron chi connectivity index (χ2n) is 5.20. The van der Waals surface area contributed by atoms with Crippen LogP contribution in [0, 0.1) is 11.8 Å². The summed E-state index contributed by atoms with van der Waals surface area (Å²) in [6.07, 6.45) is 4.84. The second kappa shape index (κ2) is 5.91. The van der Waals surface area contributed by atoms with Crippen LogP contribution in [0.1, 0.15) is 53.7 Å². The molecule has 0 aromatic carbocycles. The third-order valence-electron chi connectivity index (χ3n) is 3.85. The fourth-order valence-electron chi connectivity index (χ4n) is 2.58. The fourth-order valence-corrected chi connectivity index (χ4v) is 2.58. The maximum Gasteiger partial charge on any atom is 0.371 e. The molecule has 5 heteroatoms. The third kappa shape index (κ3) is 3.36. The summed E-state index contributed by atoms with van der Waals surface area (Å²) in [6.45, 7) is 2.84. The summed E-state index contributed by atoms with van der Waals surface area (Å²) in [5.74, 6) is -0.533. The van der Waals surface area contributed by atoms with E-state index < -0.39 is 5.97 Å². The molecule has 1 aliphatic rings. The first-order chi connectivity index (χ1) is 9.08. The summed E-state index contributed by atoms with van der Waals surface area (Å²) < 4.78 is 4.96. The van der Waals surface area contributed by atoms with Gasteiger partial charge in [0.05, 0.1) is 0 Å². The lowest BCUT2D eigenvalue weighted by molar-refractivity contribution is 0.0659. The lowest BCUT2D eigenvalue weighted by Crippen LogP contribution is -2.33. The van der Waals surface area contributed by atoms with Crippen LogP contribution in [0.15, 0.2) is 16.5 Å². The van der Waals surface area contributed by atoms with Crippen molar-refractivity contribution in [1.82, 2.24) is 5.32 Å². The van der Waals surface area contributed by atoms with Crippen LogP contribution in [-0.2, 0) is 0 Å². The van der Waals surface area contributed by atoms with Crippen LogP contribution in [0.5, 0.6) is 0 Å². The first-order valence-electron chi connectivity index (χ1n) is 6.69. The Morgan fingerprint density at radius 2 is 2.00 bits per heavy atom. The van der Waals surface area contributed by atoms with Crippen molar-refractivity contribution in [3.05, 3.63) is 23.7 Å². The molecule has 2 atom stereocenters. The van der Waals surface area contributed by atoms with Gasteiger partial charge in [0.2, 0.25) is 5.76 Å². The standard InChI is InChI=1S/C14H19NO4/c1-9-4-2-3-5-10(9)8-15-13(16)11-6-7-12(19-11)14(17)18/h6-7,9-10H,2-5,8H2,1H3,(H,15,16)(H,17,18). The average molecular weight is 265 g/mol. The van der Waals surface area contributed by atoms with E-state index in [1.165, 1.54) is 31.4 Å². The quantitative estimate of drug-likeness (QED) is 0.876. The number of carbonyl (C=O) groups excluding carboxylic acids is 1. The van der Waals surface area contributed by atoms with Crippen LogP contribution in [-0.4, -0.2) is 23.5 Å². The molecule has 1 aromatic heterocycles. The van der Waals surface area contributed by atoms with Crippen molar-refractivity contribution in [3.63, 3.8) is 0 Å². The summed E-state index contributed by atoms with van der Waals surface area (Å²) in [4.78, 5) is 22.5. The molecule has 1 aliphatic carbocycles. The van der Waals surface area contributed by atoms with E-state index in [1.54, 1.807) is 0 Å². The largest absolute Gasteiger partial charge is 0.475 e. The van der Waals surface area contributed by atoms with Gasteiger partial charge in [-0.25, -0.2) is 4.79 Å². The zero-order valence-electron chi connectivity index (χ0n) is 11.0. The number of amides is 1. The monoisotopic (exact) mass is 265 g/mol. The molecule has 5 nitrogen and oxygen atoms in total. The summed E-state index contributed by atoms with van der Waals surface area (Å²) >= 11 is 0. The van der Waals surface area contributed by atoms with Crippen molar-refractivity contribution in [1.29, 1.82) is 0 Å². The molecule has 104 valence electrons. The first kappa shape index (κ1) is 13.6. The lowest BCUT2D eigenvalue weighted by Gasteiger charge is -2.28. The van der Waals surface area contributed by atoms with Crippen molar-refractivity contribution in [2.45, 2.75) is 32.6 Å². The number of hydrogen-bond acceptors (Lipinski definition) is 3. The average Bonchev–Trinajstić information content (AvgIpc) is 2.87. The highest BCUT2D eigenvalue weighted by Crippen LogP contribution is 2.28. The highest BCUT2D eigenvalue weighted by Gasteiger charge is 2.22. The zero-order chi connectivity index (χ0) is 13.8. The minimum atomic E-state index is -1.17. The van der Waals surface area contributed by atoms with E-state index in [2.05, 4.69) is 12.2 Å². The predicted octanol–water partition coefficient (Wildman–Crippen LogP) is 2.53. The number of furan rings is 1. The maximum absolute atomic E-state index is 11.8. The predicted molar refractivity (Wildman–Crippen MR) is 69.1 cm³/mol. The Hall–Kier alpha value is -1.78. The Balaban J connectivity index is 1.88. The van der Waals surface area contributed by atoms with Crippen molar-refractivity contribution in [2.75, 3.05) is 6.54 Å². The number of hydrogen-bond donors (Lipinski definition) is 2. The van der Waals surface area contributed by atoms with Crippen molar-refractivity contribution in [2.24, 2.45) is 11.8 Å². The van der Waals surface area contributed by atoms with Gasteiger partial charge in [0, 0.05) is 6.54 Å². The molecule has 0 radical (unpaired) electrons. The Morgan fingerprint density at radius 1 is 1.32 bits per heavy atom. The number of nitrogens with one attached hydrogen (secondary N) is 1. The molecular formula is C14H19NO4. The molecule has 2 rings (SSSR count). The molecule has 19 heavy (non-hydrogen) atoms. The number of aromatic carboxylic acids is 1. The third-order valence-corrected chi connectivity index (χ3v) is 3.85. The molecular weight excluding hydrogens is 246 g/mol. The number of carboxylic acids is 1. The molecule has 0 spiro atoms. The molecule has 1 aromatic rings. The van der Waals surface area contributed by atoms with Crippen molar-refractivity contribution < 1.29 is 19.1 Å². The van der Waals surface area contributed by atoms with Crippen molar-refractivity contribution in [3.8, 4) is 0 Å². The SMILES string of the molecule is CC1CCCCC1CNC(=O)c1ccc(C(=O)O)o1. The van der Waals surface area contributed by atoms with E-state index in [-0.39, 0.29) is 17.4 Å². The van der Waals surface area contributed by atoms with Gasteiger partial charge in [0.25, 0.3) is 5.91 Å². The number of rotatable bonds is 4. The topological polar surface area (TPSA) is 79.5 Å². The molecule has 1 amide bonds. The van der Waals surface area contributed by atoms with Crippen LogP contribution >= 0.6 is 0 Å². The molecule has 1 saturated carbocycles.